The van der Waals surface area contributed by atoms with Crippen molar-refractivity contribution in [3.05, 3.63) is 42.2 Å². The molecule has 0 bridgehead atoms. The second kappa shape index (κ2) is 9.13. The van der Waals surface area contributed by atoms with Crippen LogP contribution < -0.4 is 10.2 Å². The van der Waals surface area contributed by atoms with Crippen LogP contribution in [0, 0.1) is 0 Å². The predicted octanol–water partition coefficient (Wildman–Crippen LogP) is 4.38. The third-order valence-corrected chi connectivity index (χ3v) is 6.70. The van der Waals surface area contributed by atoms with E-state index >= 15 is 0 Å². The largest absolute Gasteiger partial charge is 0.372 e. The minimum Gasteiger partial charge on any atom is -0.372 e. The Morgan fingerprint density at radius 2 is 1.90 bits per heavy atom. The van der Waals surface area contributed by atoms with E-state index < -0.39 is 0 Å². The second-order valence-corrected chi connectivity index (χ2v) is 9.19. The molecule has 2 atom stereocenters. The molecule has 1 N–H and O–H groups in total. The molecule has 3 heterocycles. The number of nitrogens with zero attached hydrogens (tertiary/aromatic N) is 3. The Hall–Kier alpha value is -2.12. The number of thioether (sulfide) groups is 1. The molecule has 29 heavy (non-hydrogen) atoms. The van der Waals surface area contributed by atoms with E-state index in [0.717, 1.165) is 23.9 Å². The van der Waals surface area contributed by atoms with Gasteiger partial charge in [-0.15, -0.1) is 11.8 Å². The zero-order valence-electron chi connectivity index (χ0n) is 17.0. The Labute approximate surface area is 176 Å². The lowest BCUT2D eigenvalue weighted by atomic mass is 10.2. The Morgan fingerprint density at radius 3 is 2.59 bits per heavy atom. The molecule has 1 saturated carbocycles. The normalized spacial score (nSPS) is 22.6. The van der Waals surface area contributed by atoms with Gasteiger partial charge in [-0.2, -0.15) is 0 Å². The van der Waals surface area contributed by atoms with Crippen molar-refractivity contribution in [1.29, 1.82) is 0 Å². The third-order valence-electron chi connectivity index (χ3n) is 5.35. The van der Waals surface area contributed by atoms with Gasteiger partial charge >= 0.3 is 0 Å². The van der Waals surface area contributed by atoms with Crippen LogP contribution in [0.4, 0.5) is 11.5 Å². The number of hydrogen-bond acceptors (Lipinski definition) is 6. The molecule has 0 aromatic carbocycles. The van der Waals surface area contributed by atoms with Gasteiger partial charge in [-0.25, -0.2) is 9.97 Å². The summed E-state index contributed by atoms with van der Waals surface area (Å²) < 4.78 is 5.79. The second-order valence-electron chi connectivity index (χ2n) is 7.90. The summed E-state index contributed by atoms with van der Waals surface area (Å²) in [7, 11) is 0. The van der Waals surface area contributed by atoms with Crippen molar-refractivity contribution in [2.24, 2.45) is 0 Å². The van der Waals surface area contributed by atoms with Gasteiger partial charge in [-0.3, -0.25) is 4.79 Å². The molecule has 1 saturated heterocycles. The molecule has 4 rings (SSSR count). The molecular formula is C22H28N4O2S. The number of hydrogen-bond donors (Lipinski definition) is 1. The first-order valence-electron chi connectivity index (χ1n) is 10.4. The molecule has 1 aliphatic heterocycles. The van der Waals surface area contributed by atoms with Crippen molar-refractivity contribution in [3.8, 4) is 0 Å². The number of carbonyl (C=O) groups is 1. The van der Waals surface area contributed by atoms with Crippen LogP contribution in [-0.4, -0.2) is 46.4 Å². The number of morpholine rings is 1. The van der Waals surface area contributed by atoms with Gasteiger partial charge in [0, 0.05) is 24.5 Å². The van der Waals surface area contributed by atoms with Crippen molar-refractivity contribution in [3.63, 3.8) is 0 Å². The number of nitrogens with one attached hydrogen (secondary N) is 1. The Morgan fingerprint density at radius 1 is 1.14 bits per heavy atom. The van der Waals surface area contributed by atoms with E-state index in [1.54, 1.807) is 24.2 Å². The van der Waals surface area contributed by atoms with Crippen LogP contribution in [0.1, 0.15) is 49.9 Å². The molecule has 6 nitrogen and oxygen atoms in total. The minimum absolute atomic E-state index is 0.137. The van der Waals surface area contributed by atoms with Gasteiger partial charge in [-0.05, 0) is 51.0 Å². The number of ether oxygens (including phenoxy) is 1. The zero-order chi connectivity index (χ0) is 20.2. The quantitative estimate of drug-likeness (QED) is 0.786. The highest BCUT2D eigenvalue weighted by atomic mass is 32.2. The van der Waals surface area contributed by atoms with Crippen LogP contribution in [-0.2, 0) is 4.74 Å². The minimum atomic E-state index is -0.137. The van der Waals surface area contributed by atoms with Gasteiger partial charge in [0.2, 0.25) is 0 Å². The van der Waals surface area contributed by atoms with Gasteiger partial charge in [0.1, 0.15) is 10.8 Å². The van der Waals surface area contributed by atoms with Crippen molar-refractivity contribution >= 4 is 29.2 Å². The Kier molecular flexibility index (Phi) is 6.35. The van der Waals surface area contributed by atoms with E-state index in [0.29, 0.717) is 16.5 Å². The molecule has 7 heteroatoms. The van der Waals surface area contributed by atoms with E-state index in [1.807, 2.05) is 24.3 Å². The fraction of sp³-hybridized carbons (Fsp3) is 0.500. The summed E-state index contributed by atoms with van der Waals surface area (Å²) in [6.07, 6.45) is 8.78. The Bertz CT molecular complexity index is 829. The lowest BCUT2D eigenvalue weighted by molar-refractivity contribution is -0.00545. The molecule has 2 aliphatic rings. The highest BCUT2D eigenvalue weighted by molar-refractivity contribution is 7.99. The van der Waals surface area contributed by atoms with Gasteiger partial charge < -0.3 is 15.0 Å². The number of rotatable bonds is 5. The van der Waals surface area contributed by atoms with Crippen molar-refractivity contribution < 1.29 is 9.53 Å². The summed E-state index contributed by atoms with van der Waals surface area (Å²) in [5.74, 6) is 0.769. The first kappa shape index (κ1) is 20.2. The topological polar surface area (TPSA) is 67.4 Å². The first-order valence-corrected chi connectivity index (χ1v) is 11.3. The highest BCUT2D eigenvalue weighted by Gasteiger charge is 2.23. The first-order chi connectivity index (χ1) is 14.1. The summed E-state index contributed by atoms with van der Waals surface area (Å²) in [5, 5.41) is 4.36. The van der Waals surface area contributed by atoms with Crippen LogP contribution in [0.25, 0.3) is 0 Å². The summed E-state index contributed by atoms with van der Waals surface area (Å²) in [4.78, 5) is 24.1. The predicted molar refractivity (Wildman–Crippen MR) is 117 cm³/mol. The Balaban J connectivity index is 1.42. The highest BCUT2D eigenvalue weighted by Crippen LogP contribution is 2.35. The van der Waals surface area contributed by atoms with E-state index in [4.69, 9.17) is 4.74 Å². The van der Waals surface area contributed by atoms with Gasteiger partial charge in [0.25, 0.3) is 5.91 Å². The van der Waals surface area contributed by atoms with Crippen molar-refractivity contribution in [1.82, 2.24) is 9.97 Å². The van der Waals surface area contributed by atoms with E-state index in [2.05, 4.69) is 34.0 Å². The number of carbonyl (C=O) groups excluding carboxylic acids is 1. The maximum atomic E-state index is 12.9. The maximum Gasteiger partial charge on any atom is 0.258 e. The molecule has 1 aliphatic carbocycles. The molecule has 1 amide bonds. The van der Waals surface area contributed by atoms with Crippen molar-refractivity contribution in [2.45, 2.75) is 62.0 Å². The van der Waals surface area contributed by atoms with Gasteiger partial charge in [0.05, 0.1) is 29.7 Å². The van der Waals surface area contributed by atoms with Crippen molar-refractivity contribution in [2.75, 3.05) is 23.3 Å². The van der Waals surface area contributed by atoms with Crippen LogP contribution in [0.2, 0.25) is 0 Å². The third kappa shape index (κ3) is 5.08. The number of aromatic nitrogens is 2. The van der Waals surface area contributed by atoms with Crippen LogP contribution in [0.5, 0.6) is 0 Å². The number of amides is 1. The van der Waals surface area contributed by atoms with Crippen LogP contribution in [0.3, 0.4) is 0 Å². The summed E-state index contributed by atoms with van der Waals surface area (Å²) in [6.45, 7) is 5.79. The smallest absolute Gasteiger partial charge is 0.258 e. The number of pyridine rings is 2. The molecule has 2 aromatic heterocycles. The molecule has 0 radical (unpaired) electrons. The average Bonchev–Trinajstić information content (AvgIpc) is 3.21. The van der Waals surface area contributed by atoms with Gasteiger partial charge in [0.15, 0.2) is 0 Å². The summed E-state index contributed by atoms with van der Waals surface area (Å²) in [6, 6.07) is 7.52. The lowest BCUT2D eigenvalue weighted by Gasteiger charge is -2.36. The van der Waals surface area contributed by atoms with E-state index in [1.165, 1.54) is 25.7 Å². The lowest BCUT2D eigenvalue weighted by Crippen LogP contribution is -2.45. The van der Waals surface area contributed by atoms with E-state index in [-0.39, 0.29) is 18.1 Å². The molecule has 154 valence electrons. The van der Waals surface area contributed by atoms with E-state index in [9.17, 15) is 4.79 Å². The molecule has 0 spiro atoms. The zero-order valence-corrected chi connectivity index (χ0v) is 17.8. The monoisotopic (exact) mass is 412 g/mol. The molecule has 2 unspecified atom stereocenters. The van der Waals surface area contributed by atoms with Crippen LogP contribution in [0.15, 0.2) is 41.7 Å². The molecule has 2 aromatic rings. The fourth-order valence-electron chi connectivity index (χ4n) is 4.03. The molecular weight excluding hydrogens is 384 g/mol. The van der Waals surface area contributed by atoms with Gasteiger partial charge in [-0.1, -0.05) is 12.8 Å². The maximum absolute atomic E-state index is 12.9. The average molecular weight is 413 g/mol. The van der Waals surface area contributed by atoms with Crippen LogP contribution >= 0.6 is 11.8 Å². The SMILES string of the molecule is CC1CN(c2ccc(NC(=O)c3cccnc3SC3CCCC3)cn2)CC(C)O1. The summed E-state index contributed by atoms with van der Waals surface area (Å²) in [5.41, 5.74) is 1.32. The summed E-state index contributed by atoms with van der Waals surface area (Å²) >= 11 is 1.73. The molecule has 2 fully saturated rings. The number of anilines is 2. The standard InChI is InChI=1S/C22H28N4O2S/c1-15-13-26(14-16(2)28-15)20-10-9-17(12-24-20)25-21(27)19-8-5-11-23-22(19)29-18-6-3-4-7-18/h5,8-12,15-16,18H,3-4,6-7,13-14H2,1-2H3,(H,25,27). The fourth-order valence-corrected chi connectivity index (χ4v) is 5.33.